The largest absolute Gasteiger partial charge is 1.00 e. The number of hydrogen-bond donors (Lipinski definition) is 0. The first-order valence-corrected chi connectivity index (χ1v) is 11.0. The number of nitrogens with zero attached hydrogens (tertiary/aromatic N) is 6. The lowest BCUT2D eigenvalue weighted by Gasteiger charge is -2.21. The summed E-state index contributed by atoms with van der Waals surface area (Å²) < 4.78 is 6.12. The van der Waals surface area contributed by atoms with E-state index >= 15 is 0 Å². The minimum atomic E-state index is 0. The Bertz CT molecular complexity index is 1350. The first kappa shape index (κ1) is 22.6. The molecular formula is C26H27ClN6. The maximum absolute atomic E-state index is 4.47. The van der Waals surface area contributed by atoms with E-state index < -0.39 is 0 Å². The van der Waals surface area contributed by atoms with Crippen molar-refractivity contribution in [2.24, 2.45) is 0 Å². The molecule has 0 radical (unpaired) electrons. The zero-order valence-electron chi connectivity index (χ0n) is 19.1. The van der Waals surface area contributed by atoms with Gasteiger partial charge in [0.05, 0.1) is 11.9 Å². The topological polar surface area (TPSA) is 42.2 Å². The molecular weight excluding hydrogens is 432 g/mol. The van der Waals surface area contributed by atoms with Crippen molar-refractivity contribution in [3.05, 3.63) is 91.0 Å². The molecule has 0 saturated heterocycles. The standard InChI is InChI=1S/C26H27N6.ClH/c1-4-29(5-2)21-13-15-23(16-14-21)32-18-25(27-28-32)26-8-6-7-24-17-30(19-31(24)26)22-11-9-20(3)10-12-22;/h6-19H,4-5H2,1-3H3;1H/q+1;/p-1. The summed E-state index contributed by atoms with van der Waals surface area (Å²) in [5.41, 5.74) is 7.52. The van der Waals surface area contributed by atoms with E-state index in [4.69, 9.17) is 0 Å². The molecule has 5 rings (SSSR count). The van der Waals surface area contributed by atoms with Crippen LogP contribution in [0.25, 0.3) is 28.3 Å². The van der Waals surface area contributed by atoms with Crippen molar-refractivity contribution in [3.8, 4) is 22.8 Å². The molecule has 33 heavy (non-hydrogen) atoms. The fourth-order valence-electron chi connectivity index (χ4n) is 4.05. The zero-order chi connectivity index (χ0) is 22.1. The minimum Gasteiger partial charge on any atom is -1.00 e. The van der Waals surface area contributed by atoms with Crippen molar-refractivity contribution in [1.82, 2.24) is 19.4 Å². The summed E-state index contributed by atoms with van der Waals surface area (Å²) in [6, 6.07) is 23.2. The van der Waals surface area contributed by atoms with Gasteiger partial charge in [-0.3, -0.25) is 0 Å². The number of rotatable bonds is 6. The van der Waals surface area contributed by atoms with E-state index in [0.29, 0.717) is 0 Å². The summed E-state index contributed by atoms with van der Waals surface area (Å²) in [7, 11) is 0. The monoisotopic (exact) mass is 458 g/mol. The van der Waals surface area contributed by atoms with Crippen LogP contribution < -0.4 is 21.9 Å². The highest BCUT2D eigenvalue weighted by molar-refractivity contribution is 5.60. The summed E-state index contributed by atoms with van der Waals surface area (Å²) in [6.45, 7) is 8.43. The van der Waals surface area contributed by atoms with Crippen LogP contribution in [0.15, 0.2) is 85.5 Å². The Morgan fingerprint density at radius 3 is 2.33 bits per heavy atom. The molecule has 7 heteroatoms. The van der Waals surface area contributed by atoms with Gasteiger partial charge in [0.25, 0.3) is 6.33 Å². The minimum absolute atomic E-state index is 0. The third kappa shape index (κ3) is 4.34. The highest BCUT2D eigenvalue weighted by Crippen LogP contribution is 2.21. The SMILES string of the molecule is CCN(CC)c1ccc(-n2cc(-c3cccc4c[n+](-c5ccc(C)cc5)cn34)nn2)cc1.[Cl-]. The van der Waals surface area contributed by atoms with Crippen molar-refractivity contribution in [2.45, 2.75) is 20.8 Å². The second-order valence-corrected chi connectivity index (χ2v) is 7.93. The van der Waals surface area contributed by atoms with Gasteiger partial charge in [-0.1, -0.05) is 29.0 Å². The van der Waals surface area contributed by atoms with Crippen LogP contribution in [-0.2, 0) is 0 Å². The third-order valence-electron chi connectivity index (χ3n) is 5.90. The predicted octanol–water partition coefficient (Wildman–Crippen LogP) is 1.62. The van der Waals surface area contributed by atoms with Gasteiger partial charge in [0, 0.05) is 18.8 Å². The second kappa shape index (κ2) is 9.46. The molecule has 0 aliphatic carbocycles. The zero-order valence-corrected chi connectivity index (χ0v) is 19.8. The van der Waals surface area contributed by atoms with E-state index in [0.717, 1.165) is 41.4 Å². The van der Waals surface area contributed by atoms with E-state index in [1.54, 1.807) is 0 Å². The quantitative estimate of drug-likeness (QED) is 0.363. The highest BCUT2D eigenvalue weighted by Gasteiger charge is 2.16. The van der Waals surface area contributed by atoms with E-state index in [9.17, 15) is 0 Å². The fraction of sp³-hybridized carbons (Fsp3) is 0.192. The molecule has 168 valence electrons. The number of hydrogen-bond acceptors (Lipinski definition) is 3. The maximum atomic E-state index is 4.47. The number of anilines is 1. The molecule has 3 heterocycles. The van der Waals surface area contributed by atoms with Crippen molar-refractivity contribution in [3.63, 3.8) is 0 Å². The average molecular weight is 459 g/mol. The summed E-state index contributed by atoms with van der Waals surface area (Å²) in [5.74, 6) is 0. The van der Waals surface area contributed by atoms with Crippen LogP contribution >= 0.6 is 0 Å². The third-order valence-corrected chi connectivity index (χ3v) is 5.90. The molecule has 5 aromatic rings. The lowest BCUT2D eigenvalue weighted by molar-refractivity contribution is -0.594. The average Bonchev–Trinajstić information content (AvgIpc) is 3.48. The summed E-state index contributed by atoms with van der Waals surface area (Å²) in [6.07, 6.45) is 6.20. The van der Waals surface area contributed by atoms with E-state index in [1.165, 1.54) is 11.3 Å². The van der Waals surface area contributed by atoms with Crippen LogP contribution in [0.2, 0.25) is 0 Å². The van der Waals surface area contributed by atoms with Gasteiger partial charge < -0.3 is 17.3 Å². The Balaban J connectivity index is 0.00000259. The highest BCUT2D eigenvalue weighted by atomic mass is 35.5. The number of pyridine rings is 1. The lowest BCUT2D eigenvalue weighted by Crippen LogP contribution is -3.00. The number of fused-ring (bicyclic) bond motifs is 1. The van der Waals surface area contributed by atoms with E-state index in [2.05, 4.69) is 124 Å². The van der Waals surface area contributed by atoms with Gasteiger partial charge in [-0.05, 0) is 69.3 Å². The van der Waals surface area contributed by atoms with Crippen LogP contribution in [0.3, 0.4) is 0 Å². The molecule has 0 aliphatic heterocycles. The van der Waals surface area contributed by atoms with Crippen molar-refractivity contribution < 1.29 is 17.0 Å². The van der Waals surface area contributed by atoms with Crippen LogP contribution in [0.4, 0.5) is 5.69 Å². The molecule has 0 bridgehead atoms. The van der Waals surface area contributed by atoms with Crippen LogP contribution in [-0.4, -0.2) is 32.5 Å². The molecule has 2 aromatic carbocycles. The first-order chi connectivity index (χ1) is 15.7. The summed E-state index contributed by atoms with van der Waals surface area (Å²) in [5, 5.41) is 8.86. The molecule has 0 amide bonds. The number of aryl methyl sites for hydroxylation is 1. The van der Waals surface area contributed by atoms with Crippen molar-refractivity contribution >= 4 is 11.2 Å². The number of benzene rings is 2. The van der Waals surface area contributed by atoms with Gasteiger partial charge in [-0.2, -0.15) is 4.40 Å². The molecule has 0 unspecified atom stereocenters. The Morgan fingerprint density at radius 1 is 0.909 bits per heavy atom. The van der Waals surface area contributed by atoms with Gasteiger partial charge in [0.15, 0.2) is 16.9 Å². The van der Waals surface area contributed by atoms with Gasteiger partial charge in [-0.25, -0.2) is 9.25 Å². The Morgan fingerprint density at radius 2 is 1.64 bits per heavy atom. The molecule has 0 N–H and O–H groups in total. The van der Waals surface area contributed by atoms with Gasteiger partial charge >= 0.3 is 0 Å². The maximum Gasteiger partial charge on any atom is 0.254 e. The number of halogens is 1. The van der Waals surface area contributed by atoms with Crippen LogP contribution in [0.1, 0.15) is 19.4 Å². The summed E-state index contributed by atoms with van der Waals surface area (Å²) in [4.78, 5) is 2.33. The Kier molecular flexibility index (Phi) is 6.47. The van der Waals surface area contributed by atoms with Gasteiger partial charge in [0.1, 0.15) is 11.9 Å². The fourth-order valence-corrected chi connectivity index (χ4v) is 4.05. The molecule has 0 saturated carbocycles. The smallest absolute Gasteiger partial charge is 0.254 e. The van der Waals surface area contributed by atoms with Gasteiger partial charge in [0.2, 0.25) is 0 Å². The normalized spacial score (nSPS) is 10.9. The number of imidazole rings is 1. The molecule has 0 atom stereocenters. The molecule has 3 aromatic heterocycles. The van der Waals surface area contributed by atoms with Crippen molar-refractivity contribution in [1.29, 1.82) is 0 Å². The van der Waals surface area contributed by atoms with Gasteiger partial charge in [-0.15, -0.1) is 5.10 Å². The molecule has 6 nitrogen and oxygen atoms in total. The summed E-state index contributed by atoms with van der Waals surface area (Å²) >= 11 is 0. The van der Waals surface area contributed by atoms with Crippen molar-refractivity contribution in [2.75, 3.05) is 18.0 Å². The van der Waals surface area contributed by atoms with E-state index in [1.807, 2.05) is 10.9 Å². The van der Waals surface area contributed by atoms with Crippen LogP contribution in [0.5, 0.6) is 0 Å². The molecule has 0 fully saturated rings. The van der Waals surface area contributed by atoms with E-state index in [-0.39, 0.29) is 12.4 Å². The Hall–Kier alpha value is -3.64. The second-order valence-electron chi connectivity index (χ2n) is 7.93. The number of aromatic nitrogens is 5. The first-order valence-electron chi connectivity index (χ1n) is 11.0. The molecule has 0 spiro atoms. The Labute approximate surface area is 200 Å². The predicted molar refractivity (Wildman–Crippen MR) is 128 cm³/mol. The van der Waals surface area contributed by atoms with Crippen LogP contribution in [0, 0.1) is 6.92 Å². The lowest BCUT2D eigenvalue weighted by atomic mass is 10.2. The molecule has 0 aliphatic rings.